The number of anilines is 1. The van der Waals surface area contributed by atoms with E-state index in [4.69, 9.17) is 4.98 Å². The van der Waals surface area contributed by atoms with Gasteiger partial charge in [0.25, 0.3) is 0 Å². The number of aliphatic imine (C=N–C) groups is 1. The Morgan fingerprint density at radius 2 is 1.49 bits per heavy atom. The van der Waals surface area contributed by atoms with Crippen LogP contribution in [0.15, 0.2) is 109 Å². The second kappa shape index (κ2) is 10.1. The van der Waals surface area contributed by atoms with Crippen LogP contribution < -0.4 is 4.90 Å². The minimum absolute atomic E-state index is 0.0545. The Morgan fingerprint density at radius 3 is 2.26 bits per heavy atom. The number of phenols is 3. The number of rotatable bonds is 5. The Bertz CT molecular complexity index is 1700. The van der Waals surface area contributed by atoms with Crippen molar-refractivity contribution in [2.75, 3.05) is 4.90 Å². The highest BCUT2D eigenvalue weighted by molar-refractivity contribution is 6.02. The van der Waals surface area contributed by atoms with Crippen LogP contribution in [-0.4, -0.2) is 41.6 Å². The van der Waals surface area contributed by atoms with Gasteiger partial charge in [0.2, 0.25) is 5.95 Å². The lowest BCUT2D eigenvalue weighted by Gasteiger charge is -2.33. The summed E-state index contributed by atoms with van der Waals surface area (Å²) < 4.78 is 0. The number of aromatic nitrogens is 4. The lowest BCUT2D eigenvalue weighted by molar-refractivity contribution is 0.466. The largest absolute Gasteiger partial charge is 0.508 e. The number of nitrogens with zero attached hydrogens (tertiary/aromatic N) is 6. The van der Waals surface area contributed by atoms with Crippen LogP contribution in [0.4, 0.5) is 5.95 Å². The molecule has 1 radical (unpaired) electrons. The fourth-order valence-electron chi connectivity index (χ4n) is 4.45. The Hall–Kier alpha value is -5.57. The van der Waals surface area contributed by atoms with Crippen LogP contribution in [0.5, 0.6) is 17.2 Å². The first kappa shape index (κ1) is 23.8. The molecule has 0 fully saturated rings. The van der Waals surface area contributed by atoms with Gasteiger partial charge in [-0.1, -0.05) is 30.3 Å². The van der Waals surface area contributed by atoms with E-state index < -0.39 is 6.04 Å². The molecule has 1 aliphatic rings. The molecule has 9 heteroatoms. The summed E-state index contributed by atoms with van der Waals surface area (Å²) in [6, 6.07) is 23.1. The number of aromatic hydroxyl groups is 3. The molecule has 189 valence electrons. The lowest BCUT2D eigenvalue weighted by Crippen LogP contribution is -2.33. The molecular weight excluding hydrogens is 492 g/mol. The van der Waals surface area contributed by atoms with Crippen molar-refractivity contribution in [2.45, 2.75) is 6.04 Å². The van der Waals surface area contributed by atoms with Crippen molar-refractivity contribution in [3.8, 4) is 28.5 Å². The zero-order valence-electron chi connectivity index (χ0n) is 20.4. The van der Waals surface area contributed by atoms with Crippen LogP contribution in [0.1, 0.15) is 23.0 Å². The minimum Gasteiger partial charge on any atom is -0.508 e. The fourth-order valence-corrected chi connectivity index (χ4v) is 4.45. The lowest BCUT2D eigenvalue weighted by atomic mass is 9.91. The van der Waals surface area contributed by atoms with Crippen LogP contribution in [0, 0.1) is 0 Å². The summed E-state index contributed by atoms with van der Waals surface area (Å²) in [5.41, 5.74) is 3.66. The molecule has 0 spiro atoms. The highest BCUT2D eigenvalue weighted by atomic mass is 16.3. The van der Waals surface area contributed by atoms with E-state index in [1.54, 1.807) is 96.3 Å². The third-order valence-electron chi connectivity index (χ3n) is 6.24. The van der Waals surface area contributed by atoms with Crippen molar-refractivity contribution in [2.24, 2.45) is 4.99 Å². The third kappa shape index (κ3) is 4.64. The van der Waals surface area contributed by atoms with Crippen molar-refractivity contribution in [3.63, 3.8) is 0 Å². The zero-order chi connectivity index (χ0) is 26.8. The van der Waals surface area contributed by atoms with Gasteiger partial charge in [0.05, 0.1) is 23.0 Å². The molecule has 3 heterocycles. The maximum Gasteiger partial charge on any atom is 0.232 e. The number of benzene rings is 3. The Balaban J connectivity index is 1.58. The van der Waals surface area contributed by atoms with Gasteiger partial charge in [-0.25, -0.2) is 24.9 Å². The van der Waals surface area contributed by atoms with Crippen LogP contribution in [0.2, 0.25) is 0 Å². The van der Waals surface area contributed by atoms with Crippen molar-refractivity contribution in [1.82, 2.24) is 19.9 Å². The smallest absolute Gasteiger partial charge is 0.232 e. The highest BCUT2D eigenvalue weighted by Gasteiger charge is 2.36. The average Bonchev–Trinajstić information content (AvgIpc) is 2.98. The molecule has 3 N–H and O–H groups in total. The summed E-state index contributed by atoms with van der Waals surface area (Å²) in [5.74, 6) is 0.963. The molecule has 3 aromatic carbocycles. The van der Waals surface area contributed by atoms with Gasteiger partial charge in [-0.2, -0.15) is 0 Å². The zero-order valence-corrected chi connectivity index (χ0v) is 20.4. The molecule has 1 unspecified atom stereocenters. The van der Waals surface area contributed by atoms with Crippen molar-refractivity contribution >= 4 is 23.6 Å². The second-order valence-corrected chi connectivity index (χ2v) is 8.72. The third-order valence-corrected chi connectivity index (χ3v) is 6.24. The molecular formula is C30H21N6O3. The van der Waals surface area contributed by atoms with E-state index in [2.05, 4.69) is 26.3 Å². The quantitative estimate of drug-likeness (QED) is 0.297. The van der Waals surface area contributed by atoms with E-state index in [9.17, 15) is 15.3 Å². The summed E-state index contributed by atoms with van der Waals surface area (Å²) in [4.78, 5) is 24.6. The summed E-state index contributed by atoms with van der Waals surface area (Å²) in [6.07, 6.45) is 7.95. The van der Waals surface area contributed by atoms with Crippen LogP contribution in [-0.2, 0) is 0 Å². The first-order valence-electron chi connectivity index (χ1n) is 12.1. The Kier molecular flexibility index (Phi) is 6.14. The first-order valence-corrected chi connectivity index (χ1v) is 12.1. The molecule has 2 aromatic heterocycles. The summed E-state index contributed by atoms with van der Waals surface area (Å²) in [6.45, 7) is 0. The Labute approximate surface area is 223 Å². The second-order valence-electron chi connectivity index (χ2n) is 8.72. The van der Waals surface area contributed by atoms with Crippen molar-refractivity contribution < 1.29 is 15.3 Å². The summed E-state index contributed by atoms with van der Waals surface area (Å²) >= 11 is 0. The van der Waals surface area contributed by atoms with Gasteiger partial charge in [0, 0.05) is 35.3 Å². The normalized spacial score (nSPS) is 15.0. The molecule has 0 saturated carbocycles. The molecule has 1 atom stereocenters. The predicted molar refractivity (Wildman–Crippen MR) is 147 cm³/mol. The highest BCUT2D eigenvalue weighted by Crippen LogP contribution is 2.45. The molecule has 0 aliphatic carbocycles. The molecule has 6 rings (SSSR count). The van der Waals surface area contributed by atoms with E-state index >= 15 is 0 Å². The van der Waals surface area contributed by atoms with Gasteiger partial charge in [-0.3, -0.25) is 4.90 Å². The topological polar surface area (TPSA) is 128 Å². The van der Waals surface area contributed by atoms with Gasteiger partial charge in [0.1, 0.15) is 17.2 Å². The standard InChI is InChI=1S/C30H21N6O3/c37-21-11-9-19(10-12-21)27-26(29-31-14-4-15-32-29)28(23-7-1-2-8-25(23)39)36(18-34-27)30-33-16-13-24(35-30)20-5-3-6-22(38)17-20/h1-17,28,37-39H. The maximum absolute atomic E-state index is 11.0. The Morgan fingerprint density at radius 1 is 0.692 bits per heavy atom. The fraction of sp³-hybridized carbons (Fsp3) is 0.0333. The monoisotopic (exact) mass is 513 g/mol. The van der Waals surface area contributed by atoms with E-state index in [1.807, 2.05) is 12.1 Å². The molecule has 9 nitrogen and oxygen atoms in total. The minimum atomic E-state index is -0.714. The number of phenolic OH excluding ortho intramolecular Hbond substituents is 3. The van der Waals surface area contributed by atoms with E-state index in [0.717, 1.165) is 0 Å². The van der Waals surface area contributed by atoms with Gasteiger partial charge >= 0.3 is 0 Å². The SMILES string of the molecule is Oc1ccc(C2=C(c3ncccn3)C(c3ccccc3O)N(c3nccc(-c4cccc(O)c4)n3)[C]=N2)cc1. The number of para-hydroxylation sites is 1. The summed E-state index contributed by atoms with van der Waals surface area (Å²) in [5, 5.41) is 30.9. The first-order chi connectivity index (χ1) is 19.1. The van der Waals surface area contributed by atoms with Gasteiger partial charge in [-0.15, -0.1) is 0 Å². The molecule has 0 amide bonds. The van der Waals surface area contributed by atoms with E-state index in [-0.39, 0.29) is 23.2 Å². The predicted octanol–water partition coefficient (Wildman–Crippen LogP) is 5.09. The molecule has 0 saturated heterocycles. The van der Waals surface area contributed by atoms with Crippen LogP contribution in [0.3, 0.4) is 0 Å². The average molecular weight is 514 g/mol. The molecule has 39 heavy (non-hydrogen) atoms. The van der Waals surface area contributed by atoms with Crippen LogP contribution >= 0.6 is 0 Å². The summed E-state index contributed by atoms with van der Waals surface area (Å²) in [7, 11) is 0. The molecule has 1 aliphatic heterocycles. The van der Waals surface area contributed by atoms with Crippen LogP contribution in [0.25, 0.3) is 22.5 Å². The molecule has 5 aromatic rings. The van der Waals surface area contributed by atoms with Crippen molar-refractivity contribution in [3.05, 3.63) is 120 Å². The maximum atomic E-state index is 11.0. The number of hydrogen-bond donors (Lipinski definition) is 3. The van der Waals surface area contributed by atoms with Crippen molar-refractivity contribution in [1.29, 1.82) is 0 Å². The number of hydrogen-bond acceptors (Lipinski definition) is 9. The molecule has 0 bridgehead atoms. The van der Waals surface area contributed by atoms with E-state index in [1.165, 1.54) is 0 Å². The van der Waals surface area contributed by atoms with Gasteiger partial charge in [-0.05, 0) is 54.6 Å². The van der Waals surface area contributed by atoms with Gasteiger partial charge in [0.15, 0.2) is 12.2 Å². The van der Waals surface area contributed by atoms with E-state index in [0.29, 0.717) is 39.5 Å². The van der Waals surface area contributed by atoms with Gasteiger partial charge < -0.3 is 15.3 Å².